The van der Waals surface area contributed by atoms with Crippen LogP contribution in [0.15, 0.2) is 23.4 Å². The Hall–Kier alpha value is -1.84. The first-order valence-electron chi connectivity index (χ1n) is 10.7. The molecule has 2 N–H and O–H groups in total. The minimum atomic E-state index is -1.13. The second-order valence-electron chi connectivity index (χ2n) is 8.65. The lowest BCUT2D eigenvalue weighted by atomic mass is 9.77. The highest BCUT2D eigenvalue weighted by Crippen LogP contribution is 2.40. The third-order valence-corrected chi connectivity index (χ3v) is 8.34. The van der Waals surface area contributed by atoms with Crippen LogP contribution >= 0.6 is 11.6 Å². The van der Waals surface area contributed by atoms with Crippen molar-refractivity contribution in [1.29, 1.82) is 0 Å². The van der Waals surface area contributed by atoms with Crippen LogP contribution in [0.3, 0.4) is 0 Å². The van der Waals surface area contributed by atoms with E-state index < -0.39 is 22.5 Å². The Bertz CT molecular complexity index is 998. The molecular formula is C21H25ClFN5O2S. The van der Waals surface area contributed by atoms with Crippen molar-refractivity contribution in [1.82, 2.24) is 15.0 Å². The third-order valence-electron chi connectivity index (χ3n) is 6.66. The molecule has 7 nitrogen and oxygen atoms in total. The summed E-state index contributed by atoms with van der Waals surface area (Å²) in [5.41, 5.74) is 0.602. The molecule has 0 spiro atoms. The first-order chi connectivity index (χ1) is 15.0. The van der Waals surface area contributed by atoms with Gasteiger partial charge in [-0.15, -0.1) is 0 Å². The van der Waals surface area contributed by atoms with E-state index in [4.69, 9.17) is 16.6 Å². The van der Waals surface area contributed by atoms with E-state index >= 15 is 4.39 Å². The molecule has 2 aliphatic heterocycles. The van der Waals surface area contributed by atoms with Crippen molar-refractivity contribution in [2.45, 2.75) is 54.6 Å². The van der Waals surface area contributed by atoms with Crippen LogP contribution in [-0.4, -0.2) is 61.4 Å². The molecule has 3 atom stereocenters. The van der Waals surface area contributed by atoms with Gasteiger partial charge in [-0.25, -0.2) is 19.3 Å². The van der Waals surface area contributed by atoms with E-state index in [2.05, 4.69) is 15.3 Å². The molecule has 1 aliphatic carbocycles. The Morgan fingerprint density at radius 2 is 2.13 bits per heavy atom. The maximum atomic E-state index is 15.1. The van der Waals surface area contributed by atoms with Gasteiger partial charge in [0.15, 0.2) is 0 Å². The Kier molecular flexibility index (Phi) is 5.60. The van der Waals surface area contributed by atoms with Crippen molar-refractivity contribution in [2.24, 2.45) is 0 Å². The van der Waals surface area contributed by atoms with Gasteiger partial charge in [0, 0.05) is 24.7 Å². The first-order valence-corrected chi connectivity index (χ1v) is 12.4. The molecule has 31 heavy (non-hydrogen) atoms. The summed E-state index contributed by atoms with van der Waals surface area (Å²) in [6.07, 6.45) is 5.91. The van der Waals surface area contributed by atoms with E-state index in [0.717, 1.165) is 29.7 Å². The highest BCUT2D eigenvalue weighted by Gasteiger charge is 2.39. The Labute approximate surface area is 187 Å². The lowest BCUT2D eigenvalue weighted by molar-refractivity contribution is 0.143. The molecule has 0 aromatic carbocycles. The van der Waals surface area contributed by atoms with Crippen LogP contribution in [0.1, 0.15) is 43.0 Å². The van der Waals surface area contributed by atoms with Crippen molar-refractivity contribution in [3.05, 3.63) is 34.9 Å². The SMILES string of the molecule is O=[S@]1CCc2cc(N3CCC(c4ncc(Cl)cn4)C(F)C3)nc(NC3(CO)CCC3)c21. The van der Waals surface area contributed by atoms with E-state index in [1.807, 2.05) is 11.0 Å². The number of alkyl halides is 1. The first kappa shape index (κ1) is 21.0. The largest absolute Gasteiger partial charge is 0.394 e. The van der Waals surface area contributed by atoms with E-state index in [1.165, 1.54) is 12.4 Å². The molecule has 166 valence electrons. The maximum Gasteiger partial charge on any atom is 0.145 e. The minimum absolute atomic E-state index is 0.0133. The lowest BCUT2D eigenvalue weighted by Crippen LogP contribution is -2.49. The van der Waals surface area contributed by atoms with Gasteiger partial charge >= 0.3 is 0 Å². The van der Waals surface area contributed by atoms with Gasteiger partial charge < -0.3 is 15.3 Å². The fourth-order valence-electron chi connectivity index (χ4n) is 4.66. The summed E-state index contributed by atoms with van der Waals surface area (Å²) < 4.78 is 27.7. The van der Waals surface area contributed by atoms with E-state index in [0.29, 0.717) is 47.6 Å². The zero-order valence-electron chi connectivity index (χ0n) is 17.1. The predicted molar refractivity (Wildman–Crippen MR) is 118 cm³/mol. The Balaban J connectivity index is 1.40. The van der Waals surface area contributed by atoms with Crippen molar-refractivity contribution in [2.75, 3.05) is 35.7 Å². The average Bonchev–Trinajstić information content (AvgIpc) is 3.12. The summed E-state index contributed by atoms with van der Waals surface area (Å²) >= 11 is 5.85. The lowest BCUT2D eigenvalue weighted by Gasteiger charge is -2.42. The van der Waals surface area contributed by atoms with Gasteiger partial charge in [-0.05, 0) is 43.7 Å². The topological polar surface area (TPSA) is 91.2 Å². The summed E-state index contributed by atoms with van der Waals surface area (Å²) in [6.45, 7) is 0.825. The van der Waals surface area contributed by atoms with E-state index in [-0.39, 0.29) is 19.1 Å². The molecule has 1 saturated heterocycles. The van der Waals surface area contributed by atoms with Crippen molar-refractivity contribution >= 4 is 34.0 Å². The molecule has 2 aromatic rings. The number of rotatable bonds is 5. The second kappa shape index (κ2) is 8.26. The summed E-state index contributed by atoms with van der Waals surface area (Å²) in [5.74, 6) is 1.94. The zero-order valence-corrected chi connectivity index (χ0v) is 18.6. The number of hydrogen-bond acceptors (Lipinski definition) is 7. The predicted octanol–water partition coefficient (Wildman–Crippen LogP) is 2.85. The fraction of sp³-hybridized carbons (Fsp3) is 0.571. The smallest absolute Gasteiger partial charge is 0.145 e. The number of hydrogen-bond donors (Lipinski definition) is 2. The molecule has 10 heteroatoms. The molecule has 2 unspecified atom stereocenters. The van der Waals surface area contributed by atoms with E-state index in [1.54, 1.807) is 0 Å². The summed E-state index contributed by atoms with van der Waals surface area (Å²) in [7, 11) is -1.10. The average molecular weight is 466 g/mol. The zero-order chi connectivity index (χ0) is 21.6. The summed E-state index contributed by atoms with van der Waals surface area (Å²) in [5, 5.41) is 13.7. The number of anilines is 2. The van der Waals surface area contributed by atoms with Crippen LogP contribution in [-0.2, 0) is 17.2 Å². The van der Waals surface area contributed by atoms with Gasteiger partial charge in [0.05, 0.1) is 45.3 Å². The standard InChI is InChI=1S/C21H25ClFN5O2S/c22-14-9-24-19(25-10-14)15-2-6-28(11-16(15)23)17-8-13-3-7-31(30)18(13)20(26-17)27-21(12-29)4-1-5-21/h8-10,15-16,29H,1-7,11-12H2,(H,26,27)/t15?,16?,31-/m0/s1. The maximum absolute atomic E-state index is 15.1. The normalized spacial score (nSPS) is 26.9. The van der Waals surface area contributed by atoms with Gasteiger partial charge in [0.2, 0.25) is 0 Å². The van der Waals surface area contributed by atoms with Crippen LogP contribution in [0.2, 0.25) is 5.02 Å². The van der Waals surface area contributed by atoms with Crippen molar-refractivity contribution in [3.63, 3.8) is 0 Å². The number of nitrogens with zero attached hydrogens (tertiary/aromatic N) is 4. The molecule has 5 rings (SSSR count). The van der Waals surface area contributed by atoms with Crippen molar-refractivity contribution in [3.8, 4) is 0 Å². The third kappa shape index (κ3) is 3.91. The molecule has 4 heterocycles. The second-order valence-corrected chi connectivity index (χ2v) is 10.6. The molecule has 0 bridgehead atoms. The van der Waals surface area contributed by atoms with Crippen LogP contribution in [0, 0.1) is 0 Å². The van der Waals surface area contributed by atoms with Gasteiger partial charge in [-0.3, -0.25) is 4.21 Å². The summed E-state index contributed by atoms with van der Waals surface area (Å²) in [6, 6.07) is 1.95. The molecule has 1 saturated carbocycles. The van der Waals surface area contributed by atoms with Crippen LogP contribution < -0.4 is 10.2 Å². The number of aliphatic hydroxyl groups is 1. The highest BCUT2D eigenvalue weighted by molar-refractivity contribution is 7.85. The van der Waals surface area contributed by atoms with Crippen LogP contribution in [0.5, 0.6) is 0 Å². The Morgan fingerprint density at radius 3 is 2.77 bits per heavy atom. The van der Waals surface area contributed by atoms with Crippen LogP contribution in [0.4, 0.5) is 16.0 Å². The summed E-state index contributed by atoms with van der Waals surface area (Å²) in [4.78, 5) is 15.9. The molecule has 2 fully saturated rings. The highest BCUT2D eigenvalue weighted by atomic mass is 35.5. The van der Waals surface area contributed by atoms with Crippen molar-refractivity contribution < 1.29 is 13.7 Å². The number of aliphatic hydroxyl groups excluding tert-OH is 1. The number of nitrogens with one attached hydrogen (secondary N) is 1. The van der Waals surface area contributed by atoms with E-state index in [9.17, 15) is 9.32 Å². The number of aryl methyl sites for hydroxylation is 1. The molecule has 2 aromatic heterocycles. The van der Waals surface area contributed by atoms with Gasteiger partial charge in [0.25, 0.3) is 0 Å². The quantitative estimate of drug-likeness (QED) is 0.701. The molecule has 0 radical (unpaired) electrons. The number of halogens is 2. The number of fused-ring (bicyclic) bond motifs is 1. The number of aromatic nitrogens is 3. The fourth-order valence-corrected chi connectivity index (χ4v) is 6.13. The minimum Gasteiger partial charge on any atom is -0.394 e. The van der Waals surface area contributed by atoms with Gasteiger partial charge in [0.1, 0.15) is 23.6 Å². The number of pyridine rings is 1. The van der Waals surface area contributed by atoms with Crippen LogP contribution in [0.25, 0.3) is 0 Å². The van der Waals surface area contributed by atoms with Gasteiger partial charge in [-0.1, -0.05) is 11.6 Å². The number of piperidine rings is 1. The monoisotopic (exact) mass is 465 g/mol. The molecule has 0 amide bonds. The van der Waals surface area contributed by atoms with Gasteiger partial charge in [-0.2, -0.15) is 0 Å². The molecule has 3 aliphatic rings. The Morgan fingerprint density at radius 1 is 1.35 bits per heavy atom. The molecular weight excluding hydrogens is 441 g/mol.